The van der Waals surface area contributed by atoms with Crippen LogP contribution in [0.25, 0.3) is 22.0 Å². The first-order valence-corrected chi connectivity index (χ1v) is 10.1. The van der Waals surface area contributed by atoms with Gasteiger partial charge in [0.05, 0.1) is 11.9 Å². The maximum atomic E-state index is 10.5. The second-order valence-electron chi connectivity index (χ2n) is 7.69. The molecule has 1 fully saturated rings. The van der Waals surface area contributed by atoms with Crippen molar-refractivity contribution in [1.82, 2.24) is 19.7 Å². The molecule has 4 aromatic rings. The fraction of sp³-hybridized carbons (Fsp3) is 0.217. The molecule has 1 saturated carbocycles. The summed E-state index contributed by atoms with van der Waals surface area (Å²) in [6, 6.07) is 9.34. The fourth-order valence-corrected chi connectivity index (χ4v) is 3.45. The molecule has 3 aromatic heterocycles. The van der Waals surface area contributed by atoms with Crippen LogP contribution in [0.1, 0.15) is 29.9 Å². The Kier molecular flexibility index (Phi) is 5.53. The minimum absolute atomic E-state index is 0.388. The van der Waals surface area contributed by atoms with Gasteiger partial charge in [-0.2, -0.15) is 5.10 Å². The highest BCUT2D eigenvalue weighted by Crippen LogP contribution is 2.39. The molecular weight excluding hydrogens is 390 g/mol. The lowest BCUT2D eigenvalue weighted by Crippen LogP contribution is -2.00. The third-order valence-electron chi connectivity index (χ3n) is 5.38. The highest BCUT2D eigenvalue weighted by Gasteiger charge is 2.24. The molecule has 1 aliphatic carbocycles. The number of pyridine rings is 2. The summed E-state index contributed by atoms with van der Waals surface area (Å²) in [5.41, 5.74) is 16.7. The number of hydrogen-bond donors (Lipinski definition) is 3. The van der Waals surface area contributed by atoms with E-state index >= 15 is 0 Å². The Labute approximate surface area is 180 Å². The summed E-state index contributed by atoms with van der Waals surface area (Å²) in [6.45, 7) is 1.94. The number of nitrogens with one attached hydrogen (secondary N) is 1. The molecule has 8 heteroatoms. The fourth-order valence-electron chi connectivity index (χ4n) is 3.45. The number of hydrogen-bond acceptors (Lipinski definition) is 6. The number of amides is 1. The largest absolute Gasteiger partial charge is 0.398 e. The van der Waals surface area contributed by atoms with Gasteiger partial charge < -0.3 is 16.8 Å². The maximum Gasteiger partial charge on any atom is 0.212 e. The summed E-state index contributed by atoms with van der Waals surface area (Å²) < 4.78 is 1.87. The van der Waals surface area contributed by atoms with Crippen LogP contribution in [-0.4, -0.2) is 26.2 Å². The van der Waals surface area contributed by atoms with Gasteiger partial charge in [-0.05, 0) is 60.4 Å². The molecule has 8 nitrogen and oxygen atoms in total. The molecule has 1 aromatic carbocycles. The van der Waals surface area contributed by atoms with Gasteiger partial charge in [-0.1, -0.05) is 12.1 Å². The van der Waals surface area contributed by atoms with Crippen molar-refractivity contribution in [3.63, 3.8) is 0 Å². The van der Waals surface area contributed by atoms with E-state index in [1.807, 2.05) is 49.1 Å². The minimum atomic E-state index is 0.388. The van der Waals surface area contributed by atoms with Crippen LogP contribution >= 0.6 is 0 Å². The normalized spacial score (nSPS) is 12.8. The first kappa shape index (κ1) is 20.3. The first-order valence-electron chi connectivity index (χ1n) is 10.1. The molecule has 0 unspecified atom stereocenters. The van der Waals surface area contributed by atoms with E-state index in [1.165, 1.54) is 18.4 Å². The number of rotatable bonds is 4. The lowest BCUT2D eigenvalue weighted by Gasteiger charge is -2.11. The monoisotopic (exact) mass is 415 g/mol. The maximum absolute atomic E-state index is 10.5. The number of aryl methyl sites for hydroxylation is 1. The zero-order valence-corrected chi connectivity index (χ0v) is 17.5. The topological polar surface area (TPSA) is 125 Å². The molecule has 1 amide bonds. The Morgan fingerprint density at radius 1 is 1.19 bits per heavy atom. The molecule has 3 heterocycles. The predicted octanol–water partition coefficient (Wildman–Crippen LogP) is 3.64. The van der Waals surface area contributed by atoms with E-state index in [9.17, 15) is 4.79 Å². The van der Waals surface area contributed by atoms with Gasteiger partial charge in [-0.15, -0.1) is 0 Å². The molecule has 31 heavy (non-hydrogen) atoms. The van der Waals surface area contributed by atoms with Gasteiger partial charge in [-0.3, -0.25) is 9.48 Å². The van der Waals surface area contributed by atoms with Gasteiger partial charge in [0.15, 0.2) is 0 Å². The van der Waals surface area contributed by atoms with Crippen LogP contribution in [0.3, 0.4) is 0 Å². The minimum Gasteiger partial charge on any atom is -0.398 e. The van der Waals surface area contributed by atoms with Gasteiger partial charge in [0.25, 0.3) is 0 Å². The van der Waals surface area contributed by atoms with Gasteiger partial charge in [0.1, 0.15) is 11.6 Å². The van der Waals surface area contributed by atoms with Crippen molar-refractivity contribution < 1.29 is 4.79 Å². The molecule has 5 N–H and O–H groups in total. The lowest BCUT2D eigenvalue weighted by atomic mass is 10.0. The van der Waals surface area contributed by atoms with E-state index in [1.54, 1.807) is 12.3 Å². The van der Waals surface area contributed by atoms with E-state index < -0.39 is 0 Å². The van der Waals surface area contributed by atoms with E-state index in [0.717, 1.165) is 33.5 Å². The number of aromatic nitrogens is 4. The van der Waals surface area contributed by atoms with Gasteiger partial charge in [-0.25, -0.2) is 9.97 Å². The van der Waals surface area contributed by atoms with Gasteiger partial charge in [0, 0.05) is 36.1 Å². The summed E-state index contributed by atoms with van der Waals surface area (Å²) in [4.78, 5) is 19.1. The second-order valence-corrected chi connectivity index (χ2v) is 7.69. The molecule has 0 spiro atoms. The number of carbonyl (C=O) groups is 1. The van der Waals surface area contributed by atoms with Crippen molar-refractivity contribution in [2.24, 2.45) is 7.05 Å². The molecule has 1 aliphatic rings. The summed E-state index contributed by atoms with van der Waals surface area (Å²) in [7, 11) is 1.96. The highest BCUT2D eigenvalue weighted by atomic mass is 16.1. The smallest absolute Gasteiger partial charge is 0.212 e. The molecular formula is C23H25N7O. The molecule has 0 bridgehead atoms. The lowest BCUT2D eigenvalue weighted by molar-refractivity contribution is -0.105. The van der Waals surface area contributed by atoms with Crippen molar-refractivity contribution >= 4 is 34.5 Å². The van der Waals surface area contributed by atoms with Crippen LogP contribution in [0.2, 0.25) is 0 Å². The van der Waals surface area contributed by atoms with E-state index in [-0.39, 0.29) is 0 Å². The average molecular weight is 416 g/mol. The van der Waals surface area contributed by atoms with Crippen molar-refractivity contribution in [1.29, 1.82) is 0 Å². The number of carbonyl (C=O) groups excluding carboxylic acids is 1. The summed E-state index contributed by atoms with van der Waals surface area (Å²) in [5.74, 6) is 1.70. The zero-order valence-electron chi connectivity index (χ0n) is 17.5. The quantitative estimate of drug-likeness (QED) is 0.345. The highest BCUT2D eigenvalue weighted by molar-refractivity contribution is 5.95. The van der Waals surface area contributed by atoms with Crippen LogP contribution in [0.5, 0.6) is 0 Å². The number of fused-ring (bicyclic) bond motifs is 1. The van der Waals surface area contributed by atoms with Gasteiger partial charge >= 0.3 is 0 Å². The summed E-state index contributed by atoms with van der Waals surface area (Å²) in [6.07, 6.45) is 8.99. The molecule has 0 atom stereocenters. The zero-order chi connectivity index (χ0) is 22.0. The summed E-state index contributed by atoms with van der Waals surface area (Å²) >= 11 is 0. The van der Waals surface area contributed by atoms with Crippen LogP contribution in [0.15, 0.2) is 48.9 Å². The Morgan fingerprint density at radius 2 is 2.00 bits per heavy atom. The van der Waals surface area contributed by atoms with Crippen LogP contribution in [0.4, 0.5) is 17.3 Å². The average Bonchev–Trinajstić information content (AvgIpc) is 3.51. The second kappa shape index (κ2) is 8.43. The van der Waals surface area contributed by atoms with Crippen molar-refractivity contribution in [3.05, 3.63) is 60.0 Å². The number of nitrogens with zero attached hydrogens (tertiary/aromatic N) is 4. The van der Waals surface area contributed by atoms with Crippen LogP contribution in [0, 0.1) is 6.92 Å². The van der Waals surface area contributed by atoms with Crippen LogP contribution in [-0.2, 0) is 11.8 Å². The Morgan fingerprint density at radius 3 is 2.68 bits per heavy atom. The molecule has 0 aliphatic heterocycles. The first-order chi connectivity index (χ1) is 15.0. The van der Waals surface area contributed by atoms with E-state index in [2.05, 4.69) is 26.6 Å². The molecule has 158 valence electrons. The Bertz CT molecular complexity index is 1240. The Hall–Kier alpha value is -3.94. The number of nitrogens with two attached hydrogens (primary N) is 2. The van der Waals surface area contributed by atoms with Crippen molar-refractivity contribution in [2.75, 3.05) is 16.8 Å². The predicted molar refractivity (Wildman–Crippen MR) is 123 cm³/mol. The van der Waals surface area contributed by atoms with Gasteiger partial charge in [0.2, 0.25) is 6.41 Å². The van der Waals surface area contributed by atoms with Crippen molar-refractivity contribution in [2.45, 2.75) is 25.7 Å². The standard InChI is InChI=1S/C16H15N5O.C7H10N2/c1-9-11(3-2-4-13(9)17)14-5-10-6-15(20-8-22)19-7-12(10)16(18)21-14;1-9-5-7(4-8-9)6-2-3-6/h2-8H,17H2,1H3,(H2,18,21)(H,19,20,22);4-6H,2-3H2,1H3. The molecule has 0 radical (unpaired) electrons. The molecule has 5 rings (SSSR count). The van der Waals surface area contributed by atoms with E-state index in [0.29, 0.717) is 23.7 Å². The number of anilines is 3. The SMILES string of the molecule is Cc1c(N)cccc1-c1cc2cc(NC=O)ncc2c(N)n1.Cn1cc(C2CC2)cn1. The molecule has 0 saturated heterocycles. The Balaban J connectivity index is 0.000000212. The third-order valence-corrected chi connectivity index (χ3v) is 5.38. The number of benzene rings is 1. The number of nitrogen functional groups attached to an aromatic ring is 2. The van der Waals surface area contributed by atoms with E-state index in [4.69, 9.17) is 11.5 Å². The van der Waals surface area contributed by atoms with Crippen LogP contribution < -0.4 is 16.8 Å². The third kappa shape index (κ3) is 4.48. The van der Waals surface area contributed by atoms with Crippen molar-refractivity contribution in [3.8, 4) is 11.3 Å². The summed E-state index contributed by atoms with van der Waals surface area (Å²) in [5, 5.41) is 8.21.